The summed E-state index contributed by atoms with van der Waals surface area (Å²) in [5.74, 6) is 0.764. The fourth-order valence-electron chi connectivity index (χ4n) is 4.15. The van der Waals surface area contributed by atoms with E-state index in [1.165, 1.54) is 0 Å². The Kier molecular flexibility index (Phi) is 5.27. The summed E-state index contributed by atoms with van der Waals surface area (Å²) in [7, 11) is 2.11. The smallest absolute Gasteiger partial charge is 0.258 e. The van der Waals surface area contributed by atoms with Crippen LogP contribution in [-0.2, 0) is 0 Å². The molecule has 0 radical (unpaired) electrons. The highest BCUT2D eigenvalue weighted by Gasteiger charge is 2.17. The van der Waals surface area contributed by atoms with Crippen LogP contribution in [0.4, 0.5) is 11.8 Å². The molecule has 1 aromatic carbocycles. The molecule has 174 valence electrons. The molecule has 0 aliphatic carbocycles. The lowest BCUT2D eigenvalue weighted by molar-refractivity contribution is 0.102. The van der Waals surface area contributed by atoms with Crippen LogP contribution in [0.15, 0.2) is 61.2 Å². The van der Waals surface area contributed by atoms with Crippen molar-refractivity contribution in [1.29, 1.82) is 0 Å². The van der Waals surface area contributed by atoms with Gasteiger partial charge in [0.25, 0.3) is 5.91 Å². The van der Waals surface area contributed by atoms with Crippen LogP contribution in [0.25, 0.3) is 33.3 Å². The number of carbonyl (C=O) groups is 1. The average molecular weight is 466 g/mol. The van der Waals surface area contributed by atoms with Gasteiger partial charge >= 0.3 is 0 Å². The number of amides is 1. The third-order valence-corrected chi connectivity index (χ3v) is 6.20. The van der Waals surface area contributed by atoms with Gasteiger partial charge in [-0.3, -0.25) is 15.1 Å². The van der Waals surface area contributed by atoms with Crippen molar-refractivity contribution in [3.05, 3.63) is 66.7 Å². The number of hydrogen-bond donors (Lipinski definition) is 2. The Morgan fingerprint density at radius 1 is 0.943 bits per heavy atom. The van der Waals surface area contributed by atoms with Crippen molar-refractivity contribution in [3.63, 3.8) is 0 Å². The van der Waals surface area contributed by atoms with E-state index >= 15 is 0 Å². The van der Waals surface area contributed by atoms with Crippen molar-refractivity contribution in [2.75, 3.05) is 43.4 Å². The van der Waals surface area contributed by atoms with E-state index in [1.807, 2.05) is 36.5 Å². The zero-order valence-corrected chi connectivity index (χ0v) is 19.1. The first-order chi connectivity index (χ1) is 17.1. The zero-order valence-electron chi connectivity index (χ0n) is 19.1. The molecule has 5 heterocycles. The van der Waals surface area contributed by atoms with Gasteiger partial charge in [-0.05, 0) is 31.3 Å². The first kappa shape index (κ1) is 21.1. The second kappa shape index (κ2) is 8.73. The van der Waals surface area contributed by atoms with Crippen molar-refractivity contribution < 1.29 is 4.79 Å². The van der Waals surface area contributed by atoms with Crippen LogP contribution in [0.1, 0.15) is 10.4 Å². The Labute approximate surface area is 201 Å². The zero-order chi connectivity index (χ0) is 23.8. The maximum atomic E-state index is 13.0. The van der Waals surface area contributed by atoms with Gasteiger partial charge in [0, 0.05) is 61.3 Å². The fourth-order valence-corrected chi connectivity index (χ4v) is 4.15. The molecule has 10 nitrogen and oxygen atoms in total. The maximum Gasteiger partial charge on any atom is 0.258 e. The highest BCUT2D eigenvalue weighted by atomic mass is 16.1. The number of likely N-dealkylation sites (N-methyl/N-ethyl adjacent to an activating group) is 1. The predicted molar refractivity (Wildman–Crippen MR) is 134 cm³/mol. The maximum absolute atomic E-state index is 13.0. The Morgan fingerprint density at radius 2 is 1.83 bits per heavy atom. The number of nitrogens with zero attached hydrogens (tertiary/aromatic N) is 7. The number of rotatable bonds is 4. The molecule has 4 aromatic heterocycles. The summed E-state index contributed by atoms with van der Waals surface area (Å²) < 4.78 is 0. The SMILES string of the molecule is CN1CCN(c2cc(C(=O)Nc3ncc4ccc(-c5cnc6cc[nH]c6n5)cc4n3)ccn2)CC1. The minimum Gasteiger partial charge on any atom is -0.354 e. The van der Waals surface area contributed by atoms with E-state index in [1.54, 1.807) is 24.7 Å². The number of aromatic nitrogens is 6. The van der Waals surface area contributed by atoms with Crippen LogP contribution in [0, 0.1) is 0 Å². The van der Waals surface area contributed by atoms with Crippen molar-refractivity contribution in [2.24, 2.45) is 0 Å². The van der Waals surface area contributed by atoms with Gasteiger partial charge in [-0.25, -0.2) is 19.9 Å². The number of nitrogens with one attached hydrogen (secondary N) is 2. The molecule has 1 amide bonds. The van der Waals surface area contributed by atoms with Crippen LogP contribution in [0.2, 0.25) is 0 Å². The summed E-state index contributed by atoms with van der Waals surface area (Å²) in [6.07, 6.45) is 6.92. The molecule has 0 spiro atoms. The van der Waals surface area contributed by atoms with E-state index in [-0.39, 0.29) is 11.9 Å². The molecular formula is C25H23N9O. The summed E-state index contributed by atoms with van der Waals surface area (Å²) in [4.78, 5) is 42.9. The molecular weight excluding hydrogens is 442 g/mol. The third-order valence-electron chi connectivity index (χ3n) is 6.20. The first-order valence-corrected chi connectivity index (χ1v) is 11.4. The van der Waals surface area contributed by atoms with Gasteiger partial charge in [0.2, 0.25) is 5.95 Å². The Morgan fingerprint density at radius 3 is 2.71 bits per heavy atom. The predicted octanol–water partition coefficient (Wildman–Crippen LogP) is 2.97. The van der Waals surface area contributed by atoms with Gasteiger partial charge in [-0.1, -0.05) is 12.1 Å². The van der Waals surface area contributed by atoms with Gasteiger partial charge in [-0.2, -0.15) is 0 Å². The molecule has 6 rings (SSSR count). The highest BCUT2D eigenvalue weighted by Crippen LogP contribution is 2.23. The lowest BCUT2D eigenvalue weighted by atomic mass is 10.1. The molecule has 2 N–H and O–H groups in total. The Hall–Kier alpha value is -4.44. The molecule has 1 saturated heterocycles. The van der Waals surface area contributed by atoms with Crippen molar-refractivity contribution in [1.82, 2.24) is 34.8 Å². The lowest BCUT2D eigenvalue weighted by Crippen LogP contribution is -2.44. The summed E-state index contributed by atoms with van der Waals surface area (Å²) in [5.41, 5.74) is 4.37. The van der Waals surface area contributed by atoms with Crippen LogP contribution in [0.3, 0.4) is 0 Å². The summed E-state index contributed by atoms with van der Waals surface area (Å²) in [5, 5.41) is 3.68. The molecule has 0 saturated carbocycles. The Bertz CT molecular complexity index is 1540. The van der Waals surface area contributed by atoms with Crippen molar-refractivity contribution in [3.8, 4) is 11.3 Å². The normalized spacial score (nSPS) is 14.5. The first-order valence-electron chi connectivity index (χ1n) is 11.4. The minimum atomic E-state index is -0.277. The summed E-state index contributed by atoms with van der Waals surface area (Å²) in [6, 6.07) is 11.2. The standard InChI is InChI=1S/C25H23N9O/c1-33-8-10-34(11-9-33)22-13-17(4-6-26-22)24(35)32-25-29-14-18-3-2-16(12-20(18)31-25)21-15-28-19-5-7-27-23(19)30-21/h2-7,12-15H,8-11H2,1H3,(H,27,30)(H,29,31,32,35). The summed E-state index contributed by atoms with van der Waals surface area (Å²) >= 11 is 0. The van der Waals surface area contributed by atoms with Gasteiger partial charge in [0.1, 0.15) is 11.3 Å². The van der Waals surface area contributed by atoms with E-state index in [0.29, 0.717) is 11.1 Å². The number of pyridine rings is 1. The number of H-pyrrole nitrogens is 1. The van der Waals surface area contributed by atoms with E-state index in [0.717, 1.165) is 59.8 Å². The lowest BCUT2D eigenvalue weighted by Gasteiger charge is -2.33. The number of fused-ring (bicyclic) bond motifs is 2. The second-order valence-electron chi connectivity index (χ2n) is 8.58. The minimum absolute atomic E-state index is 0.239. The van der Waals surface area contributed by atoms with Gasteiger partial charge in [0.05, 0.1) is 17.4 Å². The highest BCUT2D eigenvalue weighted by molar-refractivity contribution is 6.04. The topological polar surface area (TPSA) is 116 Å². The molecule has 0 unspecified atom stereocenters. The third kappa shape index (κ3) is 4.26. The van der Waals surface area contributed by atoms with Crippen molar-refractivity contribution >= 4 is 39.7 Å². The van der Waals surface area contributed by atoms with Crippen LogP contribution >= 0.6 is 0 Å². The monoisotopic (exact) mass is 465 g/mol. The Balaban J connectivity index is 1.24. The van der Waals surface area contributed by atoms with Gasteiger partial charge in [-0.15, -0.1) is 0 Å². The van der Waals surface area contributed by atoms with Crippen molar-refractivity contribution in [2.45, 2.75) is 0 Å². The average Bonchev–Trinajstić information content (AvgIpc) is 3.37. The van der Waals surface area contributed by atoms with E-state index in [9.17, 15) is 4.79 Å². The largest absolute Gasteiger partial charge is 0.354 e. The number of hydrogen-bond acceptors (Lipinski definition) is 8. The molecule has 10 heteroatoms. The number of benzene rings is 1. The molecule has 1 aliphatic rings. The van der Waals surface area contributed by atoms with E-state index < -0.39 is 0 Å². The quantitative estimate of drug-likeness (QED) is 0.416. The number of aromatic amines is 1. The van der Waals surface area contributed by atoms with Gasteiger partial charge < -0.3 is 14.8 Å². The van der Waals surface area contributed by atoms with Crippen LogP contribution < -0.4 is 10.2 Å². The number of anilines is 2. The molecule has 0 bridgehead atoms. The van der Waals surface area contributed by atoms with E-state index in [4.69, 9.17) is 0 Å². The second-order valence-corrected chi connectivity index (χ2v) is 8.58. The molecule has 5 aromatic rings. The van der Waals surface area contributed by atoms with Crippen LogP contribution in [-0.4, -0.2) is 73.9 Å². The number of carbonyl (C=O) groups excluding carboxylic acids is 1. The van der Waals surface area contributed by atoms with E-state index in [2.05, 4.69) is 52.1 Å². The molecule has 0 atom stereocenters. The van der Waals surface area contributed by atoms with Gasteiger partial charge in [0.15, 0.2) is 5.65 Å². The molecule has 1 aliphatic heterocycles. The number of piperazine rings is 1. The van der Waals surface area contributed by atoms with Crippen LogP contribution in [0.5, 0.6) is 0 Å². The molecule has 35 heavy (non-hydrogen) atoms. The fraction of sp³-hybridized carbons (Fsp3) is 0.200. The molecule has 1 fully saturated rings. The summed E-state index contributed by atoms with van der Waals surface area (Å²) in [6.45, 7) is 3.70.